The molecule has 0 unspecified atom stereocenters. The van der Waals surface area contributed by atoms with E-state index in [0.717, 1.165) is 16.8 Å². The van der Waals surface area contributed by atoms with Gasteiger partial charge in [-0.15, -0.1) is 0 Å². The number of carbonyl (C=O) groups is 1. The van der Waals surface area contributed by atoms with Crippen LogP contribution >= 0.6 is 0 Å². The number of rotatable bonds is 8. The predicted molar refractivity (Wildman–Crippen MR) is 133 cm³/mol. The quantitative estimate of drug-likeness (QED) is 0.380. The lowest BCUT2D eigenvalue weighted by molar-refractivity contribution is 0.0951. The summed E-state index contributed by atoms with van der Waals surface area (Å²) in [5, 5.41) is 15.7. The van der Waals surface area contributed by atoms with Gasteiger partial charge < -0.3 is 10.6 Å². The third kappa shape index (κ3) is 5.87. The van der Waals surface area contributed by atoms with Crippen molar-refractivity contribution >= 4 is 11.7 Å². The van der Waals surface area contributed by atoms with Crippen LogP contribution in [0.1, 0.15) is 32.7 Å². The molecule has 0 aliphatic heterocycles. The Morgan fingerprint density at radius 1 is 1.06 bits per heavy atom. The monoisotopic (exact) mass is 465 g/mol. The lowest BCUT2D eigenvalue weighted by Gasteiger charge is -2.14. The first-order valence-corrected chi connectivity index (χ1v) is 11.2. The van der Waals surface area contributed by atoms with Crippen LogP contribution < -0.4 is 10.6 Å². The van der Waals surface area contributed by atoms with Gasteiger partial charge >= 0.3 is 0 Å². The molecule has 0 saturated heterocycles. The summed E-state index contributed by atoms with van der Waals surface area (Å²) in [4.78, 5) is 22.0. The van der Waals surface area contributed by atoms with Gasteiger partial charge in [0.25, 0.3) is 5.91 Å². The maximum absolute atomic E-state index is 13.5. The van der Waals surface area contributed by atoms with E-state index in [1.54, 1.807) is 36.5 Å². The number of halogens is 1. The number of nitrogens with one attached hydrogen (secondary N) is 2. The number of hydrogen-bond donors (Lipinski definition) is 2. The van der Waals surface area contributed by atoms with Gasteiger partial charge in [0.2, 0.25) is 0 Å². The molecule has 2 aromatic heterocycles. The van der Waals surface area contributed by atoms with E-state index in [9.17, 15) is 14.4 Å². The van der Waals surface area contributed by atoms with Crippen LogP contribution in [0.5, 0.6) is 0 Å². The summed E-state index contributed by atoms with van der Waals surface area (Å²) < 4.78 is 13.5. The van der Waals surface area contributed by atoms with Crippen molar-refractivity contribution < 1.29 is 9.18 Å². The lowest BCUT2D eigenvalue weighted by atomic mass is 10.0. The van der Waals surface area contributed by atoms with Gasteiger partial charge in [-0.25, -0.2) is 9.37 Å². The fraction of sp³-hybridized carbons (Fsp3) is 0.143. The molecule has 0 aliphatic rings. The van der Waals surface area contributed by atoms with Crippen molar-refractivity contribution in [1.82, 2.24) is 15.3 Å². The normalized spacial score (nSPS) is 10.4. The number of aromatic nitrogens is 2. The molecular formula is C28H24FN5O. The molecule has 0 atom stereocenters. The fourth-order valence-corrected chi connectivity index (χ4v) is 3.72. The minimum Gasteiger partial charge on any atom is -0.369 e. The Kier molecular flexibility index (Phi) is 7.44. The summed E-state index contributed by atoms with van der Waals surface area (Å²) >= 11 is 0. The van der Waals surface area contributed by atoms with Gasteiger partial charge in [0.1, 0.15) is 11.6 Å². The average Bonchev–Trinajstić information content (AvgIpc) is 2.88. The molecule has 6 nitrogen and oxygen atoms in total. The summed E-state index contributed by atoms with van der Waals surface area (Å²) in [6, 6.07) is 23.0. The summed E-state index contributed by atoms with van der Waals surface area (Å²) in [7, 11) is 0. The van der Waals surface area contributed by atoms with Gasteiger partial charge in [0, 0.05) is 30.5 Å². The molecule has 0 aliphatic carbocycles. The van der Waals surface area contributed by atoms with Crippen LogP contribution in [0.3, 0.4) is 0 Å². The van der Waals surface area contributed by atoms with Crippen LogP contribution in [-0.2, 0) is 13.0 Å². The van der Waals surface area contributed by atoms with E-state index in [2.05, 4.69) is 26.7 Å². The minimum atomic E-state index is -0.290. The van der Waals surface area contributed by atoms with Gasteiger partial charge in [0.05, 0.1) is 22.9 Å². The number of pyridine rings is 2. The molecular weight excluding hydrogens is 441 g/mol. The Morgan fingerprint density at radius 3 is 2.71 bits per heavy atom. The lowest BCUT2D eigenvalue weighted by Crippen LogP contribution is -2.25. The van der Waals surface area contributed by atoms with Crippen molar-refractivity contribution in [3.8, 4) is 17.3 Å². The number of benzene rings is 2. The maximum atomic E-state index is 13.5. The second-order valence-corrected chi connectivity index (χ2v) is 7.99. The first-order valence-electron chi connectivity index (χ1n) is 11.2. The van der Waals surface area contributed by atoms with E-state index >= 15 is 0 Å². The first kappa shape index (κ1) is 23.6. The molecule has 0 spiro atoms. The van der Waals surface area contributed by atoms with Gasteiger partial charge in [-0.3, -0.25) is 9.78 Å². The van der Waals surface area contributed by atoms with Gasteiger partial charge in [0.15, 0.2) is 0 Å². The van der Waals surface area contributed by atoms with Crippen LogP contribution in [0.2, 0.25) is 0 Å². The Hall–Kier alpha value is -4.57. The van der Waals surface area contributed by atoms with E-state index in [4.69, 9.17) is 0 Å². The molecule has 0 radical (unpaired) electrons. The van der Waals surface area contributed by atoms with E-state index in [-0.39, 0.29) is 11.7 Å². The average molecular weight is 466 g/mol. The first-order chi connectivity index (χ1) is 17.0. The molecule has 2 N–H and O–H groups in total. The van der Waals surface area contributed by atoms with E-state index < -0.39 is 0 Å². The van der Waals surface area contributed by atoms with Crippen LogP contribution in [0.15, 0.2) is 79.0 Å². The molecule has 4 rings (SSSR count). The summed E-state index contributed by atoms with van der Waals surface area (Å²) in [6.07, 6.45) is 2.26. The number of aryl methyl sites for hydroxylation is 1. The predicted octanol–water partition coefficient (Wildman–Crippen LogP) is 5.05. The Bertz CT molecular complexity index is 1400. The van der Waals surface area contributed by atoms with Gasteiger partial charge in [-0.2, -0.15) is 5.26 Å². The zero-order valence-corrected chi connectivity index (χ0v) is 19.3. The second-order valence-electron chi connectivity index (χ2n) is 7.99. The molecule has 2 aromatic carbocycles. The molecule has 35 heavy (non-hydrogen) atoms. The number of carbonyl (C=O) groups excluding carboxylic acids is 1. The number of anilines is 1. The minimum absolute atomic E-state index is 0.283. The highest BCUT2D eigenvalue weighted by molar-refractivity contribution is 5.99. The van der Waals surface area contributed by atoms with Crippen LogP contribution in [-0.4, -0.2) is 22.4 Å². The highest BCUT2D eigenvalue weighted by atomic mass is 19.1. The molecule has 0 fully saturated rings. The SMILES string of the molecule is Cc1ncccc1CNC(=O)c1ccc(-c2ccccc2C#N)nc1NCCc1cccc(F)c1. The smallest absolute Gasteiger partial charge is 0.255 e. The van der Waals surface area contributed by atoms with Crippen molar-refractivity contribution in [2.45, 2.75) is 19.9 Å². The van der Waals surface area contributed by atoms with E-state index in [1.165, 1.54) is 12.1 Å². The molecule has 174 valence electrons. The number of nitriles is 1. The third-order valence-electron chi connectivity index (χ3n) is 5.61. The number of amides is 1. The largest absolute Gasteiger partial charge is 0.369 e. The van der Waals surface area contributed by atoms with Crippen molar-refractivity contribution in [1.29, 1.82) is 5.26 Å². The zero-order valence-electron chi connectivity index (χ0n) is 19.3. The summed E-state index contributed by atoms with van der Waals surface area (Å²) in [5.74, 6) is -0.178. The Morgan fingerprint density at radius 2 is 1.91 bits per heavy atom. The molecule has 2 heterocycles. The third-order valence-corrected chi connectivity index (χ3v) is 5.61. The molecule has 7 heteroatoms. The second kappa shape index (κ2) is 11.0. The van der Waals surface area contributed by atoms with Crippen molar-refractivity contribution in [3.05, 3.63) is 113 Å². The van der Waals surface area contributed by atoms with Gasteiger partial charge in [-0.1, -0.05) is 36.4 Å². The highest BCUT2D eigenvalue weighted by Gasteiger charge is 2.16. The molecule has 0 saturated carbocycles. The molecule has 0 bridgehead atoms. The highest BCUT2D eigenvalue weighted by Crippen LogP contribution is 2.25. The van der Waals surface area contributed by atoms with Crippen molar-refractivity contribution in [3.63, 3.8) is 0 Å². The molecule has 4 aromatic rings. The summed E-state index contributed by atoms with van der Waals surface area (Å²) in [5.41, 5.74) is 4.74. The topological polar surface area (TPSA) is 90.7 Å². The van der Waals surface area contributed by atoms with E-state index in [0.29, 0.717) is 47.7 Å². The van der Waals surface area contributed by atoms with Gasteiger partial charge in [-0.05, 0) is 60.9 Å². The Labute approximate surface area is 203 Å². The van der Waals surface area contributed by atoms with Crippen molar-refractivity contribution in [2.75, 3.05) is 11.9 Å². The standard InChI is InChI=1S/C28H24FN5O/c1-19-22(8-5-14-31-19)18-33-28(35)25-11-12-26(24-10-3-2-7-21(24)17-30)34-27(25)32-15-13-20-6-4-9-23(29)16-20/h2-12,14,16H,13,15,18H2,1H3,(H,32,34)(H,33,35). The molecule has 1 amide bonds. The van der Waals surface area contributed by atoms with Crippen LogP contribution in [0, 0.1) is 24.1 Å². The zero-order chi connectivity index (χ0) is 24.6. The van der Waals surface area contributed by atoms with Crippen LogP contribution in [0.25, 0.3) is 11.3 Å². The summed E-state index contributed by atoms with van der Waals surface area (Å²) in [6.45, 7) is 2.67. The number of nitrogens with zero attached hydrogens (tertiary/aromatic N) is 3. The Balaban J connectivity index is 1.59. The fourth-order valence-electron chi connectivity index (χ4n) is 3.72. The van der Waals surface area contributed by atoms with E-state index in [1.807, 2.05) is 37.3 Å². The maximum Gasteiger partial charge on any atom is 0.255 e. The number of hydrogen-bond acceptors (Lipinski definition) is 5. The van der Waals surface area contributed by atoms with Crippen molar-refractivity contribution in [2.24, 2.45) is 0 Å². The van der Waals surface area contributed by atoms with Crippen LogP contribution in [0.4, 0.5) is 10.2 Å².